The first-order chi connectivity index (χ1) is 35.4. The number of aliphatic imine (C=N–C) groups is 1. The van der Waals surface area contributed by atoms with E-state index in [1.54, 1.807) is 50.4 Å². The number of amides is 8. The van der Waals surface area contributed by atoms with Gasteiger partial charge in [-0.2, -0.15) is 0 Å². The molecule has 400 valence electrons. The molecule has 0 unspecified atom stereocenters. The monoisotopic (exact) mass is 1020 g/mol. The van der Waals surface area contributed by atoms with Crippen LogP contribution in [-0.2, 0) is 57.6 Å². The smallest absolute Gasteiger partial charge is 0.245 e. The third kappa shape index (κ3) is 17.1. The highest BCUT2D eigenvalue weighted by Gasteiger charge is 2.39. The number of para-hydroxylation sites is 1. The van der Waals surface area contributed by atoms with Crippen molar-refractivity contribution in [3.8, 4) is 0 Å². The van der Waals surface area contributed by atoms with Crippen LogP contribution in [-0.4, -0.2) is 142 Å². The van der Waals surface area contributed by atoms with Crippen molar-refractivity contribution in [1.29, 1.82) is 0 Å². The zero-order valence-corrected chi connectivity index (χ0v) is 41.9. The number of H-pyrrole nitrogens is 2. The van der Waals surface area contributed by atoms with Crippen LogP contribution in [0.4, 0.5) is 0 Å². The molecule has 1 aliphatic heterocycles. The molecule has 24 heteroatoms. The van der Waals surface area contributed by atoms with Crippen LogP contribution in [0.2, 0.25) is 0 Å². The van der Waals surface area contributed by atoms with Crippen LogP contribution >= 0.6 is 0 Å². The molecular weight excluding hydrogens is 953 g/mol. The van der Waals surface area contributed by atoms with Gasteiger partial charge in [0, 0.05) is 61.3 Å². The molecule has 0 bridgehead atoms. The van der Waals surface area contributed by atoms with E-state index in [0.29, 0.717) is 49.0 Å². The summed E-state index contributed by atoms with van der Waals surface area (Å²) < 4.78 is 0. The quantitative estimate of drug-likeness (QED) is 0.0161. The van der Waals surface area contributed by atoms with Gasteiger partial charge in [-0.15, -0.1) is 0 Å². The maximum atomic E-state index is 14.5. The van der Waals surface area contributed by atoms with Gasteiger partial charge in [-0.1, -0.05) is 62.4 Å². The van der Waals surface area contributed by atoms with Crippen LogP contribution in [0.3, 0.4) is 0 Å². The zero-order valence-electron chi connectivity index (χ0n) is 41.9. The Labute approximate surface area is 429 Å². The number of rotatable bonds is 29. The van der Waals surface area contributed by atoms with E-state index >= 15 is 0 Å². The number of benzene rings is 2. The number of imidazole rings is 1. The molecule has 2 aromatic heterocycles. The predicted octanol–water partition coefficient (Wildman–Crippen LogP) is -1.90. The number of nitrogens with zero attached hydrogens (tertiary/aromatic N) is 3. The molecule has 18 N–H and O–H groups in total. The zero-order chi connectivity index (χ0) is 53.7. The van der Waals surface area contributed by atoms with E-state index in [2.05, 4.69) is 51.8 Å². The van der Waals surface area contributed by atoms with Crippen LogP contribution in [0.25, 0.3) is 10.9 Å². The number of nitrogens with two attached hydrogens (primary N) is 5. The number of nitrogens with one attached hydrogen (secondary N) is 8. The van der Waals surface area contributed by atoms with Gasteiger partial charge in [-0.05, 0) is 74.6 Å². The first kappa shape index (κ1) is 57.0. The second-order valence-electron chi connectivity index (χ2n) is 18.7. The van der Waals surface area contributed by atoms with Gasteiger partial charge in [0.25, 0.3) is 0 Å². The highest BCUT2D eigenvalue weighted by Crippen LogP contribution is 2.22. The van der Waals surface area contributed by atoms with Crippen molar-refractivity contribution >= 4 is 64.1 Å². The van der Waals surface area contributed by atoms with E-state index in [-0.39, 0.29) is 63.5 Å². The number of guanidine groups is 1. The average molecular weight is 1030 g/mol. The summed E-state index contributed by atoms with van der Waals surface area (Å²) in [6.07, 6.45) is 6.99. The molecule has 0 spiro atoms. The SMILES string of the molecule is CC(C)[C@H](NC(=O)[C@H]1CCCN1C(=O)[C@H](CCCCN)NC(=O)CNC(=O)[C@H](Cc1c[nH]c2ccccc12)NC(=O)[C@H](CCCN=C(N)N)NC(=O)[C@H](Cc1ccccc1)NC(=O)[C@@H](N)Cc1cnc[nH]1)C(N)=O. The second-order valence-corrected chi connectivity index (χ2v) is 18.7. The summed E-state index contributed by atoms with van der Waals surface area (Å²) in [6.45, 7) is 3.52. The number of hydrogen-bond acceptors (Lipinski definition) is 12. The number of fused-ring (bicyclic) bond motifs is 1. The Bertz CT molecular complexity index is 2550. The molecule has 74 heavy (non-hydrogen) atoms. The van der Waals surface area contributed by atoms with Crippen LogP contribution < -0.4 is 60.6 Å². The topological polar surface area (TPSA) is 399 Å². The van der Waals surface area contributed by atoms with Crippen molar-refractivity contribution in [1.82, 2.24) is 51.8 Å². The van der Waals surface area contributed by atoms with E-state index in [9.17, 15) is 38.4 Å². The molecule has 3 heterocycles. The van der Waals surface area contributed by atoms with Gasteiger partial charge in [0.15, 0.2) is 5.96 Å². The maximum absolute atomic E-state index is 14.5. The Morgan fingerprint density at radius 3 is 2.12 bits per heavy atom. The molecule has 5 rings (SSSR count). The molecule has 4 aromatic rings. The maximum Gasteiger partial charge on any atom is 0.245 e. The van der Waals surface area contributed by atoms with Gasteiger partial charge in [0.1, 0.15) is 36.3 Å². The standard InChI is InChI=1S/C50H72N16O8/c1-29(2)42(43(53)68)65-48(73)40-18-11-21-66(40)49(74)37(16-8-9-19-51)61-41(67)27-59-45(70)39(23-31-25-58-35-15-7-6-14-33(31)35)64-46(71)36(17-10-20-57-50(54)55)62-47(72)38(22-30-12-4-3-5-13-30)63-44(69)34(52)24-32-26-56-28-60-32/h3-7,12-15,25-26,28-29,34,36-40,42,58H,8-11,16-24,27,51-52H2,1-2H3,(H2,53,68)(H,56,60)(H,59,70)(H,61,67)(H,62,72)(H,63,69)(H,64,71)(H,65,73)(H4,54,55,57)/t34-,36-,37-,38-,39-,40+,42-/m0/s1. The number of primary amides is 1. The molecule has 0 aliphatic carbocycles. The molecular formula is C50H72N16O8. The van der Waals surface area contributed by atoms with E-state index in [4.69, 9.17) is 28.7 Å². The molecule has 1 fully saturated rings. The predicted molar refractivity (Wildman–Crippen MR) is 277 cm³/mol. The highest BCUT2D eigenvalue weighted by atomic mass is 16.2. The minimum atomic E-state index is -1.33. The number of aromatic nitrogens is 3. The van der Waals surface area contributed by atoms with Gasteiger partial charge in [-0.25, -0.2) is 4.98 Å². The van der Waals surface area contributed by atoms with Crippen LogP contribution in [0, 0.1) is 5.92 Å². The van der Waals surface area contributed by atoms with Crippen molar-refractivity contribution < 1.29 is 38.4 Å². The number of carbonyl (C=O) groups excluding carboxylic acids is 8. The number of carbonyl (C=O) groups is 8. The average Bonchev–Trinajstić information content (AvgIpc) is 4.17. The molecule has 2 aromatic carbocycles. The Balaban J connectivity index is 1.35. The molecule has 1 aliphatic rings. The van der Waals surface area contributed by atoms with Gasteiger partial charge >= 0.3 is 0 Å². The lowest BCUT2D eigenvalue weighted by Crippen LogP contribution is -2.59. The summed E-state index contributed by atoms with van der Waals surface area (Å²) >= 11 is 0. The van der Waals surface area contributed by atoms with E-state index < -0.39 is 96.1 Å². The normalized spacial score (nSPS) is 15.7. The lowest BCUT2D eigenvalue weighted by atomic mass is 10.0. The summed E-state index contributed by atoms with van der Waals surface area (Å²) in [5, 5.41) is 17.1. The molecule has 8 amide bonds. The van der Waals surface area contributed by atoms with Crippen LogP contribution in [0.1, 0.15) is 75.6 Å². The lowest BCUT2D eigenvalue weighted by molar-refractivity contribution is -0.142. The number of likely N-dealkylation sites (tertiary alicyclic amines) is 1. The van der Waals surface area contributed by atoms with E-state index in [1.165, 1.54) is 17.4 Å². The third-order valence-electron chi connectivity index (χ3n) is 12.7. The summed E-state index contributed by atoms with van der Waals surface area (Å²) in [4.78, 5) is 125. The first-order valence-corrected chi connectivity index (χ1v) is 24.9. The van der Waals surface area contributed by atoms with Gasteiger partial charge < -0.3 is 75.4 Å². The third-order valence-corrected chi connectivity index (χ3v) is 12.7. The summed E-state index contributed by atoms with van der Waals surface area (Å²) in [5.41, 5.74) is 31.4. The van der Waals surface area contributed by atoms with E-state index in [0.717, 1.165) is 10.9 Å². The summed E-state index contributed by atoms with van der Waals surface area (Å²) in [6, 6.07) is 8.45. The van der Waals surface area contributed by atoms with Crippen LogP contribution in [0.5, 0.6) is 0 Å². The van der Waals surface area contributed by atoms with E-state index in [1.807, 2.05) is 24.3 Å². The van der Waals surface area contributed by atoms with Crippen molar-refractivity contribution in [2.24, 2.45) is 39.6 Å². The summed E-state index contributed by atoms with van der Waals surface area (Å²) in [7, 11) is 0. The van der Waals surface area contributed by atoms with Gasteiger partial charge in [0.05, 0.1) is 18.9 Å². The van der Waals surface area contributed by atoms with Crippen LogP contribution in [0.15, 0.2) is 78.3 Å². The van der Waals surface area contributed by atoms with Crippen molar-refractivity contribution in [2.45, 2.75) is 120 Å². The minimum absolute atomic E-state index is 0.00785. The molecule has 0 radical (unpaired) electrons. The number of aromatic amines is 2. The first-order valence-electron chi connectivity index (χ1n) is 24.9. The molecule has 7 atom stereocenters. The van der Waals surface area contributed by atoms with Gasteiger partial charge in [0.2, 0.25) is 47.3 Å². The van der Waals surface area contributed by atoms with Crippen molar-refractivity contribution in [3.63, 3.8) is 0 Å². The minimum Gasteiger partial charge on any atom is -0.370 e. The highest BCUT2D eigenvalue weighted by molar-refractivity contribution is 5.98. The Hall–Kier alpha value is -7.86. The second kappa shape index (κ2) is 28.4. The molecule has 0 saturated carbocycles. The van der Waals surface area contributed by atoms with Crippen molar-refractivity contribution in [3.05, 3.63) is 90.1 Å². The largest absolute Gasteiger partial charge is 0.370 e. The molecule has 24 nitrogen and oxygen atoms in total. The lowest BCUT2D eigenvalue weighted by Gasteiger charge is -2.30. The fraction of sp³-hybridized carbons (Fsp3) is 0.480. The number of hydrogen-bond donors (Lipinski definition) is 13. The summed E-state index contributed by atoms with van der Waals surface area (Å²) in [5.74, 6) is -5.83. The van der Waals surface area contributed by atoms with Crippen molar-refractivity contribution in [2.75, 3.05) is 26.2 Å². The fourth-order valence-corrected chi connectivity index (χ4v) is 8.72. The Morgan fingerprint density at radius 1 is 0.757 bits per heavy atom. The Kier molecular flexibility index (Phi) is 21.9. The number of unbranched alkanes of at least 4 members (excludes halogenated alkanes) is 1. The van der Waals surface area contributed by atoms with Gasteiger partial charge in [-0.3, -0.25) is 43.3 Å². The Morgan fingerprint density at radius 2 is 1.43 bits per heavy atom. The molecule has 1 saturated heterocycles. The fourth-order valence-electron chi connectivity index (χ4n) is 8.72.